The van der Waals surface area contributed by atoms with Crippen LogP contribution < -0.4 is 14.8 Å². The van der Waals surface area contributed by atoms with Crippen LogP contribution in [0.5, 0.6) is 23.0 Å². The predicted molar refractivity (Wildman–Crippen MR) is 98.1 cm³/mol. The molecule has 0 radical (unpaired) electrons. The van der Waals surface area contributed by atoms with Crippen molar-refractivity contribution >= 4 is 11.6 Å². The van der Waals surface area contributed by atoms with Gasteiger partial charge in [-0.1, -0.05) is 23.8 Å². The molecule has 0 bridgehead atoms. The number of amides is 1. The number of anilines is 1. The van der Waals surface area contributed by atoms with E-state index >= 15 is 0 Å². The third-order valence-corrected chi connectivity index (χ3v) is 3.67. The number of nitrogens with one attached hydrogen (secondary N) is 1. The predicted octanol–water partition coefficient (Wildman–Crippen LogP) is 4.15. The van der Waals surface area contributed by atoms with E-state index in [-0.39, 0.29) is 17.2 Å². The molecule has 0 spiro atoms. The van der Waals surface area contributed by atoms with Gasteiger partial charge in [-0.3, -0.25) is 4.79 Å². The van der Waals surface area contributed by atoms with Gasteiger partial charge in [-0.15, -0.1) is 0 Å². The van der Waals surface area contributed by atoms with Gasteiger partial charge in [0, 0.05) is 24.0 Å². The lowest BCUT2D eigenvalue weighted by Crippen LogP contribution is -2.14. The highest BCUT2D eigenvalue weighted by Crippen LogP contribution is 2.29. The minimum Gasteiger partial charge on any atom is -0.503 e. The summed E-state index contributed by atoms with van der Waals surface area (Å²) in [7, 11) is 1.41. The summed E-state index contributed by atoms with van der Waals surface area (Å²) in [6.07, 6.45) is 1.39. The van der Waals surface area contributed by atoms with E-state index in [1.165, 1.54) is 19.4 Å². The second kappa shape index (κ2) is 7.57. The standard InChI is InChI=1S/C20H18N2O4/c1-13-6-8-15(9-7-13)26-16-5-3-4-14(12-16)22-20(24)18-19(23)17(25-2)10-11-21-18/h3-12,23H,1-2H3,(H,22,24). The summed E-state index contributed by atoms with van der Waals surface area (Å²) in [5, 5.41) is 12.7. The highest BCUT2D eigenvalue weighted by molar-refractivity contribution is 6.05. The summed E-state index contributed by atoms with van der Waals surface area (Å²) in [5.74, 6) is 0.607. The molecule has 1 heterocycles. The smallest absolute Gasteiger partial charge is 0.278 e. The second-order valence-electron chi connectivity index (χ2n) is 5.61. The number of rotatable bonds is 5. The maximum absolute atomic E-state index is 12.4. The van der Waals surface area contributed by atoms with Crippen LogP contribution in [-0.2, 0) is 0 Å². The summed E-state index contributed by atoms with van der Waals surface area (Å²) in [6, 6.07) is 16.1. The number of aryl methyl sites for hydroxylation is 1. The molecule has 3 rings (SSSR count). The lowest BCUT2D eigenvalue weighted by Gasteiger charge is -2.10. The van der Waals surface area contributed by atoms with E-state index in [1.54, 1.807) is 24.3 Å². The molecule has 6 heteroatoms. The Labute approximate surface area is 151 Å². The molecule has 26 heavy (non-hydrogen) atoms. The van der Waals surface area contributed by atoms with Crippen molar-refractivity contribution in [3.05, 3.63) is 72.1 Å². The van der Waals surface area contributed by atoms with Gasteiger partial charge in [0.05, 0.1) is 7.11 Å². The zero-order valence-corrected chi connectivity index (χ0v) is 14.4. The molecule has 0 atom stereocenters. The third-order valence-electron chi connectivity index (χ3n) is 3.67. The van der Waals surface area contributed by atoms with Crippen LogP contribution in [-0.4, -0.2) is 23.1 Å². The van der Waals surface area contributed by atoms with Crippen molar-refractivity contribution in [3.8, 4) is 23.0 Å². The number of nitrogens with zero attached hydrogens (tertiary/aromatic N) is 1. The van der Waals surface area contributed by atoms with Crippen LogP contribution in [0.15, 0.2) is 60.8 Å². The first-order chi connectivity index (χ1) is 12.6. The lowest BCUT2D eigenvalue weighted by atomic mass is 10.2. The van der Waals surface area contributed by atoms with E-state index in [0.29, 0.717) is 17.2 Å². The quantitative estimate of drug-likeness (QED) is 0.722. The van der Waals surface area contributed by atoms with Crippen LogP contribution in [0.25, 0.3) is 0 Å². The van der Waals surface area contributed by atoms with Crippen LogP contribution in [0.2, 0.25) is 0 Å². The lowest BCUT2D eigenvalue weighted by molar-refractivity contribution is 0.101. The van der Waals surface area contributed by atoms with Gasteiger partial charge in [-0.05, 0) is 31.2 Å². The first-order valence-electron chi connectivity index (χ1n) is 7.94. The molecule has 1 amide bonds. The number of hydrogen-bond donors (Lipinski definition) is 2. The van der Waals surface area contributed by atoms with E-state index < -0.39 is 5.91 Å². The molecule has 132 valence electrons. The van der Waals surface area contributed by atoms with E-state index in [1.807, 2.05) is 31.2 Å². The molecule has 3 aromatic rings. The van der Waals surface area contributed by atoms with Gasteiger partial charge in [0.25, 0.3) is 5.91 Å². The van der Waals surface area contributed by atoms with Crippen molar-refractivity contribution in [2.24, 2.45) is 0 Å². The molecule has 2 aromatic carbocycles. The molecule has 0 saturated heterocycles. The maximum Gasteiger partial charge on any atom is 0.278 e. The van der Waals surface area contributed by atoms with Crippen molar-refractivity contribution < 1.29 is 19.4 Å². The first kappa shape index (κ1) is 17.3. The Balaban J connectivity index is 1.76. The fourth-order valence-electron chi connectivity index (χ4n) is 2.34. The monoisotopic (exact) mass is 350 g/mol. The second-order valence-corrected chi connectivity index (χ2v) is 5.61. The summed E-state index contributed by atoms with van der Waals surface area (Å²) < 4.78 is 10.8. The number of carbonyl (C=O) groups is 1. The van der Waals surface area contributed by atoms with Crippen molar-refractivity contribution in [1.29, 1.82) is 0 Å². The Morgan fingerprint density at radius 3 is 2.58 bits per heavy atom. The van der Waals surface area contributed by atoms with Crippen LogP contribution in [0.4, 0.5) is 5.69 Å². The minimum atomic E-state index is -0.547. The molecule has 0 aliphatic carbocycles. The van der Waals surface area contributed by atoms with Gasteiger partial charge in [0.1, 0.15) is 11.5 Å². The van der Waals surface area contributed by atoms with Crippen molar-refractivity contribution in [2.45, 2.75) is 6.92 Å². The van der Waals surface area contributed by atoms with Gasteiger partial charge < -0.3 is 19.9 Å². The third kappa shape index (κ3) is 3.92. The Morgan fingerprint density at radius 2 is 1.85 bits per heavy atom. The molecule has 0 fully saturated rings. The summed E-state index contributed by atoms with van der Waals surface area (Å²) >= 11 is 0. The van der Waals surface area contributed by atoms with Crippen LogP contribution in [0.1, 0.15) is 16.1 Å². The number of carbonyl (C=O) groups excluding carboxylic acids is 1. The summed E-state index contributed by atoms with van der Waals surface area (Å²) in [4.78, 5) is 16.3. The largest absolute Gasteiger partial charge is 0.503 e. The Morgan fingerprint density at radius 1 is 1.08 bits per heavy atom. The fraction of sp³-hybridized carbons (Fsp3) is 0.100. The molecular weight excluding hydrogens is 332 g/mol. The minimum absolute atomic E-state index is 0.116. The van der Waals surface area contributed by atoms with Gasteiger partial charge in [0.15, 0.2) is 17.2 Å². The SMILES string of the molecule is COc1ccnc(C(=O)Nc2cccc(Oc3ccc(C)cc3)c2)c1O. The van der Waals surface area contributed by atoms with E-state index in [0.717, 1.165) is 5.56 Å². The van der Waals surface area contributed by atoms with Gasteiger partial charge >= 0.3 is 0 Å². The van der Waals surface area contributed by atoms with E-state index in [9.17, 15) is 9.90 Å². The van der Waals surface area contributed by atoms with Crippen LogP contribution in [0, 0.1) is 6.92 Å². The van der Waals surface area contributed by atoms with E-state index in [4.69, 9.17) is 9.47 Å². The zero-order valence-electron chi connectivity index (χ0n) is 14.4. The topological polar surface area (TPSA) is 80.7 Å². The highest BCUT2D eigenvalue weighted by Gasteiger charge is 2.17. The highest BCUT2D eigenvalue weighted by atomic mass is 16.5. The van der Waals surface area contributed by atoms with Gasteiger partial charge in [0.2, 0.25) is 0 Å². The fourth-order valence-corrected chi connectivity index (χ4v) is 2.34. The van der Waals surface area contributed by atoms with Crippen LogP contribution >= 0.6 is 0 Å². The average molecular weight is 350 g/mol. The molecule has 1 aromatic heterocycles. The Bertz CT molecular complexity index is 923. The zero-order chi connectivity index (χ0) is 18.5. The first-order valence-corrected chi connectivity index (χ1v) is 7.94. The molecular formula is C20H18N2O4. The molecule has 0 unspecified atom stereocenters. The summed E-state index contributed by atoms with van der Waals surface area (Å²) in [6.45, 7) is 2.00. The number of methoxy groups -OCH3 is 1. The average Bonchev–Trinajstić information content (AvgIpc) is 2.64. The number of aromatic hydroxyl groups is 1. The van der Waals surface area contributed by atoms with E-state index in [2.05, 4.69) is 10.3 Å². The van der Waals surface area contributed by atoms with Crippen LogP contribution in [0.3, 0.4) is 0 Å². The molecule has 0 saturated carbocycles. The molecule has 6 nitrogen and oxygen atoms in total. The number of aromatic nitrogens is 1. The maximum atomic E-state index is 12.4. The van der Waals surface area contributed by atoms with Crippen molar-refractivity contribution in [1.82, 2.24) is 4.98 Å². The number of ether oxygens (including phenoxy) is 2. The Kier molecular flexibility index (Phi) is 5.03. The normalized spacial score (nSPS) is 10.2. The number of pyridine rings is 1. The molecule has 2 N–H and O–H groups in total. The number of benzene rings is 2. The van der Waals surface area contributed by atoms with Gasteiger partial charge in [-0.25, -0.2) is 4.98 Å². The molecule has 0 aliphatic rings. The number of hydrogen-bond acceptors (Lipinski definition) is 5. The Hall–Kier alpha value is -3.54. The summed E-state index contributed by atoms with van der Waals surface area (Å²) in [5.41, 5.74) is 1.54. The van der Waals surface area contributed by atoms with Gasteiger partial charge in [-0.2, -0.15) is 0 Å². The van der Waals surface area contributed by atoms with Crippen molar-refractivity contribution in [2.75, 3.05) is 12.4 Å². The van der Waals surface area contributed by atoms with Crippen molar-refractivity contribution in [3.63, 3.8) is 0 Å². The molecule has 0 aliphatic heterocycles.